The normalized spacial score (nSPS) is 11.3. The fraction of sp³-hybridized carbons (Fsp3) is 0.250. The van der Waals surface area contributed by atoms with E-state index in [0.29, 0.717) is 0 Å². The third-order valence-corrected chi connectivity index (χ3v) is 1.62. The monoisotopic (exact) mass is 183 g/mol. The number of nitrogens with zero attached hydrogens (tertiary/aromatic N) is 1. The summed E-state index contributed by atoms with van der Waals surface area (Å²) in [5.41, 5.74) is 0.145. The number of aliphatic hydroxyl groups is 2. The Labute approximate surface area is 74.4 Å². The van der Waals surface area contributed by atoms with Crippen LogP contribution >= 0.6 is 0 Å². The van der Waals surface area contributed by atoms with E-state index in [1.807, 2.05) is 0 Å². The molecule has 0 aromatic heterocycles. The van der Waals surface area contributed by atoms with Gasteiger partial charge in [0.05, 0.1) is 4.92 Å². The Balaban J connectivity index is 3.01. The predicted molar refractivity (Wildman–Crippen MR) is 44.9 cm³/mol. The zero-order valence-electron chi connectivity index (χ0n) is 6.97. The van der Waals surface area contributed by atoms with E-state index in [1.54, 1.807) is 0 Å². The molecule has 2 N–H and O–H groups in total. The van der Waals surface area contributed by atoms with Crippen LogP contribution in [0.3, 0.4) is 0 Å². The molecule has 0 unspecified atom stereocenters. The standard InChI is InChI=1S/C8H9NO4/c1-8(10,11)6-2-4-7(5-3-6)9(12)13/h2-5,10-11H,1H3. The number of nitro groups is 1. The van der Waals surface area contributed by atoms with Gasteiger partial charge in [-0.25, -0.2) is 0 Å². The van der Waals surface area contributed by atoms with Crippen LogP contribution in [0.15, 0.2) is 24.3 Å². The molecule has 5 heteroatoms. The fourth-order valence-electron chi connectivity index (χ4n) is 0.899. The molecule has 0 amide bonds. The van der Waals surface area contributed by atoms with Crippen molar-refractivity contribution in [1.82, 2.24) is 0 Å². The zero-order chi connectivity index (χ0) is 10.1. The number of rotatable bonds is 2. The first-order chi connectivity index (χ1) is 5.91. The highest BCUT2D eigenvalue weighted by molar-refractivity contribution is 5.34. The second-order valence-electron chi connectivity index (χ2n) is 2.82. The molecule has 5 nitrogen and oxygen atoms in total. The van der Waals surface area contributed by atoms with E-state index in [1.165, 1.54) is 31.2 Å². The molecule has 1 aromatic rings. The summed E-state index contributed by atoms with van der Waals surface area (Å²) < 4.78 is 0. The predicted octanol–water partition coefficient (Wildman–Crippen LogP) is 0.752. The van der Waals surface area contributed by atoms with Crippen LogP contribution in [0.5, 0.6) is 0 Å². The molecule has 1 aromatic carbocycles. The second kappa shape index (κ2) is 3.12. The molecular weight excluding hydrogens is 174 g/mol. The van der Waals surface area contributed by atoms with Crippen molar-refractivity contribution in [3.8, 4) is 0 Å². The summed E-state index contributed by atoms with van der Waals surface area (Å²) in [5.74, 6) is -1.95. The van der Waals surface area contributed by atoms with Crippen molar-refractivity contribution in [2.75, 3.05) is 0 Å². The topological polar surface area (TPSA) is 83.6 Å². The van der Waals surface area contributed by atoms with Gasteiger partial charge in [-0.15, -0.1) is 0 Å². The highest BCUT2D eigenvalue weighted by Crippen LogP contribution is 2.19. The summed E-state index contributed by atoms with van der Waals surface area (Å²) >= 11 is 0. The van der Waals surface area contributed by atoms with E-state index >= 15 is 0 Å². The number of non-ortho nitro benzene ring substituents is 1. The molecule has 0 heterocycles. The summed E-state index contributed by atoms with van der Waals surface area (Å²) in [4.78, 5) is 9.70. The number of hydrogen-bond donors (Lipinski definition) is 2. The van der Waals surface area contributed by atoms with Crippen LogP contribution in [0.4, 0.5) is 5.69 Å². The molecule has 0 aliphatic rings. The van der Waals surface area contributed by atoms with E-state index in [2.05, 4.69) is 0 Å². The molecule has 1 rings (SSSR count). The maximum Gasteiger partial charge on any atom is 0.269 e. The van der Waals surface area contributed by atoms with Crippen LogP contribution in [0.25, 0.3) is 0 Å². The molecule has 0 saturated heterocycles. The molecule has 13 heavy (non-hydrogen) atoms. The van der Waals surface area contributed by atoms with Crippen molar-refractivity contribution in [1.29, 1.82) is 0 Å². The third-order valence-electron chi connectivity index (χ3n) is 1.62. The Morgan fingerprint density at radius 3 is 2.08 bits per heavy atom. The van der Waals surface area contributed by atoms with Gasteiger partial charge in [-0.3, -0.25) is 10.1 Å². The van der Waals surface area contributed by atoms with Crippen LogP contribution in [0.2, 0.25) is 0 Å². The van der Waals surface area contributed by atoms with Gasteiger partial charge in [0.1, 0.15) is 0 Å². The average molecular weight is 183 g/mol. The summed E-state index contributed by atoms with van der Waals surface area (Å²) in [5, 5.41) is 28.5. The van der Waals surface area contributed by atoms with Gasteiger partial charge in [-0.2, -0.15) is 0 Å². The summed E-state index contributed by atoms with van der Waals surface area (Å²) in [6.45, 7) is 1.19. The molecule has 0 atom stereocenters. The Kier molecular flexibility index (Phi) is 2.31. The molecule has 0 bridgehead atoms. The van der Waals surface area contributed by atoms with Gasteiger partial charge in [0, 0.05) is 17.7 Å². The summed E-state index contributed by atoms with van der Waals surface area (Å²) in [7, 11) is 0. The highest BCUT2D eigenvalue weighted by Gasteiger charge is 2.18. The zero-order valence-corrected chi connectivity index (χ0v) is 6.97. The number of hydrogen-bond acceptors (Lipinski definition) is 4. The molecule has 0 aliphatic heterocycles. The van der Waals surface area contributed by atoms with E-state index < -0.39 is 10.7 Å². The average Bonchev–Trinajstić information content (AvgIpc) is 2.03. The van der Waals surface area contributed by atoms with Crippen molar-refractivity contribution < 1.29 is 15.1 Å². The van der Waals surface area contributed by atoms with Crippen molar-refractivity contribution in [2.45, 2.75) is 12.7 Å². The Morgan fingerprint density at radius 2 is 1.77 bits per heavy atom. The van der Waals surface area contributed by atoms with Crippen LogP contribution < -0.4 is 0 Å². The highest BCUT2D eigenvalue weighted by atomic mass is 16.6. The van der Waals surface area contributed by atoms with Crippen molar-refractivity contribution in [3.05, 3.63) is 39.9 Å². The largest absolute Gasteiger partial charge is 0.362 e. The molecule has 0 saturated carbocycles. The van der Waals surface area contributed by atoms with E-state index in [4.69, 9.17) is 10.2 Å². The van der Waals surface area contributed by atoms with Gasteiger partial charge in [-0.05, 0) is 19.1 Å². The van der Waals surface area contributed by atoms with Crippen molar-refractivity contribution in [3.63, 3.8) is 0 Å². The Hall–Kier alpha value is -1.46. The number of benzene rings is 1. The SMILES string of the molecule is CC(O)(O)c1ccc([N+](=O)[O-])cc1. The lowest BCUT2D eigenvalue weighted by Crippen LogP contribution is -2.19. The van der Waals surface area contributed by atoms with Crippen LogP contribution in [0, 0.1) is 10.1 Å². The molecule has 0 spiro atoms. The fourth-order valence-corrected chi connectivity index (χ4v) is 0.899. The first kappa shape index (κ1) is 9.63. The minimum absolute atomic E-state index is 0.0759. The van der Waals surface area contributed by atoms with Crippen LogP contribution in [0.1, 0.15) is 12.5 Å². The van der Waals surface area contributed by atoms with Gasteiger partial charge in [-0.1, -0.05) is 0 Å². The molecule has 0 radical (unpaired) electrons. The van der Waals surface area contributed by atoms with E-state index in [9.17, 15) is 10.1 Å². The van der Waals surface area contributed by atoms with E-state index in [0.717, 1.165) is 0 Å². The molecular formula is C8H9NO4. The van der Waals surface area contributed by atoms with Crippen LogP contribution in [-0.4, -0.2) is 15.1 Å². The lowest BCUT2D eigenvalue weighted by molar-refractivity contribution is -0.384. The third kappa shape index (κ3) is 2.24. The smallest absolute Gasteiger partial charge is 0.269 e. The summed E-state index contributed by atoms with van der Waals surface area (Å²) in [6.07, 6.45) is 0. The first-order valence-electron chi connectivity index (χ1n) is 3.61. The maximum absolute atomic E-state index is 10.2. The van der Waals surface area contributed by atoms with Crippen LogP contribution in [-0.2, 0) is 5.79 Å². The quantitative estimate of drug-likeness (QED) is 0.402. The van der Waals surface area contributed by atoms with Gasteiger partial charge in [0.15, 0.2) is 5.79 Å². The van der Waals surface area contributed by atoms with E-state index in [-0.39, 0.29) is 11.3 Å². The van der Waals surface area contributed by atoms with Gasteiger partial charge < -0.3 is 10.2 Å². The minimum Gasteiger partial charge on any atom is -0.362 e. The van der Waals surface area contributed by atoms with Gasteiger partial charge in [0.25, 0.3) is 5.69 Å². The lowest BCUT2D eigenvalue weighted by atomic mass is 10.1. The summed E-state index contributed by atoms with van der Waals surface area (Å²) in [6, 6.07) is 5.05. The lowest BCUT2D eigenvalue weighted by Gasteiger charge is -2.15. The Bertz CT molecular complexity index is 312. The second-order valence-corrected chi connectivity index (χ2v) is 2.82. The minimum atomic E-state index is -1.95. The van der Waals surface area contributed by atoms with Crippen molar-refractivity contribution in [2.24, 2.45) is 0 Å². The molecule has 0 fully saturated rings. The molecule has 0 aliphatic carbocycles. The molecule has 70 valence electrons. The van der Waals surface area contributed by atoms with Gasteiger partial charge in [0.2, 0.25) is 0 Å². The Morgan fingerprint density at radius 1 is 1.31 bits per heavy atom. The number of nitro benzene ring substituents is 1. The van der Waals surface area contributed by atoms with Gasteiger partial charge >= 0.3 is 0 Å². The first-order valence-corrected chi connectivity index (χ1v) is 3.61. The maximum atomic E-state index is 10.2. The van der Waals surface area contributed by atoms with Crippen molar-refractivity contribution >= 4 is 5.69 Å².